The number of nitrogens with zero attached hydrogens (tertiary/aromatic N) is 9. The number of aromatic nitrogens is 3. The molecule has 0 saturated carbocycles. The summed E-state index contributed by atoms with van der Waals surface area (Å²) in [6.45, 7) is 0. The zero-order valence-electron chi connectivity index (χ0n) is 47.5. The van der Waals surface area contributed by atoms with Gasteiger partial charge in [0.15, 0.2) is 5.65 Å². The molecule has 0 saturated heterocycles. The van der Waals surface area contributed by atoms with E-state index in [1.54, 1.807) is 0 Å². The van der Waals surface area contributed by atoms with Crippen LogP contribution in [0, 0.1) is 0 Å². The molecule has 9 nitrogen and oxygen atoms in total. The highest BCUT2D eigenvalue weighted by Crippen LogP contribution is 2.55. The average molecular weight is 1100 g/mol. The summed E-state index contributed by atoms with van der Waals surface area (Å²) in [6, 6.07) is 97.2. The third kappa shape index (κ3) is 7.92. The van der Waals surface area contributed by atoms with E-state index < -0.39 is 0 Å². The zero-order chi connectivity index (χ0) is 56.9. The molecule has 0 unspecified atom stereocenters. The average Bonchev–Trinajstić information content (AvgIpc) is 2.10. The molecule has 5 heterocycles. The first-order valence-corrected chi connectivity index (χ1v) is 28.9. The molecule has 85 heavy (non-hydrogen) atoms. The van der Waals surface area contributed by atoms with Crippen molar-refractivity contribution in [3.8, 4) is 55.9 Å². The summed E-state index contributed by atoms with van der Waals surface area (Å²) in [7, 11) is 8.52. The van der Waals surface area contributed by atoms with Crippen LogP contribution in [0.4, 0.5) is 85.3 Å². The van der Waals surface area contributed by atoms with Crippen LogP contribution in [0.3, 0.4) is 0 Å². The molecule has 406 valence electrons. The largest absolute Gasteiger partial charge is 0.341 e. The number of benzene rings is 11. The highest BCUT2D eigenvalue weighted by Gasteiger charge is 2.31. The van der Waals surface area contributed by atoms with Crippen molar-refractivity contribution in [2.45, 2.75) is 0 Å². The smallest absolute Gasteiger partial charge is 0.159 e. The highest BCUT2D eigenvalue weighted by molar-refractivity contribution is 6.05. The van der Waals surface area contributed by atoms with Crippen LogP contribution in [-0.2, 0) is 7.05 Å². The van der Waals surface area contributed by atoms with E-state index in [9.17, 15) is 0 Å². The molecule has 9 heteroatoms. The summed E-state index contributed by atoms with van der Waals surface area (Å²) in [5.41, 5.74) is 28.5. The van der Waals surface area contributed by atoms with Crippen LogP contribution in [0.1, 0.15) is 0 Å². The van der Waals surface area contributed by atoms with E-state index >= 15 is 0 Å². The van der Waals surface area contributed by atoms with Crippen molar-refractivity contribution >= 4 is 96.5 Å². The maximum absolute atomic E-state index is 5.14. The van der Waals surface area contributed by atoms with Gasteiger partial charge in [0.25, 0.3) is 0 Å². The molecule has 0 fully saturated rings. The predicted octanol–water partition coefficient (Wildman–Crippen LogP) is 20.0. The number of anilines is 15. The normalized spacial score (nSPS) is 13.0. The van der Waals surface area contributed by atoms with Gasteiger partial charge in [-0.1, -0.05) is 140 Å². The number of imidazole rings is 1. The van der Waals surface area contributed by atoms with Gasteiger partial charge in [0, 0.05) is 57.0 Å². The molecular formula is C76H57N9. The molecule has 16 rings (SSSR count). The molecule has 0 radical (unpaired) electrons. The van der Waals surface area contributed by atoms with Crippen LogP contribution in [0.5, 0.6) is 0 Å². The molecule has 0 N–H and O–H groups in total. The monoisotopic (exact) mass is 1100 g/mol. The van der Waals surface area contributed by atoms with Crippen molar-refractivity contribution in [1.82, 2.24) is 14.5 Å². The fourth-order valence-electron chi connectivity index (χ4n) is 13.4. The molecule has 13 aromatic rings. The van der Waals surface area contributed by atoms with Crippen LogP contribution in [0.2, 0.25) is 0 Å². The van der Waals surface area contributed by atoms with Crippen LogP contribution in [0.25, 0.3) is 67.1 Å². The molecule has 11 aromatic carbocycles. The van der Waals surface area contributed by atoms with E-state index in [0.717, 1.165) is 152 Å². The molecule has 2 aromatic heterocycles. The maximum atomic E-state index is 5.14. The van der Waals surface area contributed by atoms with Gasteiger partial charge in [0.2, 0.25) is 0 Å². The van der Waals surface area contributed by atoms with Gasteiger partial charge < -0.3 is 34.0 Å². The SMILES string of the molecule is CN1c2ccccc2N(c2ccc(-c3ccc(-c4cccc(-c5nc6cccnc6n5C)c4)c(-c4ccc(N5c6ccccc6N(C)c6ccccc65)cc4)c3-c3ccc(N4c5ccccc5N(C)c5ccccc54)cc3)cc2)c2ccccc21. The molecule has 0 aliphatic carbocycles. The van der Waals surface area contributed by atoms with E-state index in [1.807, 2.05) is 18.3 Å². The van der Waals surface area contributed by atoms with E-state index in [-0.39, 0.29) is 0 Å². The van der Waals surface area contributed by atoms with E-state index in [1.165, 1.54) is 0 Å². The Labute approximate surface area is 495 Å². The Morgan fingerprint density at radius 3 is 0.965 bits per heavy atom. The lowest BCUT2D eigenvalue weighted by molar-refractivity contribution is 0.942. The molecule has 3 aliphatic rings. The number of pyridine rings is 1. The van der Waals surface area contributed by atoms with Gasteiger partial charge in [0.1, 0.15) is 11.3 Å². The quantitative estimate of drug-likeness (QED) is 0.149. The Balaban J connectivity index is 0.913. The van der Waals surface area contributed by atoms with Gasteiger partial charge in [-0.3, -0.25) is 0 Å². The van der Waals surface area contributed by atoms with E-state index in [4.69, 9.17) is 9.97 Å². The zero-order valence-corrected chi connectivity index (χ0v) is 47.5. The van der Waals surface area contributed by atoms with E-state index in [2.05, 4.69) is 317 Å². The first-order chi connectivity index (χ1) is 41.9. The predicted molar refractivity (Wildman–Crippen MR) is 354 cm³/mol. The summed E-state index contributed by atoms with van der Waals surface area (Å²) in [6.07, 6.45) is 1.83. The topological polar surface area (TPSA) is 50.2 Å². The van der Waals surface area contributed by atoms with Crippen LogP contribution >= 0.6 is 0 Å². The standard InChI is InChI=1S/C76H57N9/c1-79-61-22-5-11-28-67(61)83(68-29-12-6-23-62(68)79)55-40-34-50(35-41-55)58-46-47-59(53-19-17-20-54(49-53)75-78-60-21-18-48-77-76(60)82(75)4)74(52-38-44-57(45-39-52)85-71-32-15-9-26-65(71)81(3)66-27-10-16-33-72(66)85)73(58)51-36-42-56(43-37-51)84-69-30-13-7-24-63(69)80(2)64-25-8-14-31-70(64)84/h5-49H,1-4H3. The van der Waals surface area contributed by atoms with Crippen LogP contribution < -0.4 is 29.4 Å². The van der Waals surface area contributed by atoms with Crippen LogP contribution in [-0.4, -0.2) is 35.7 Å². The van der Waals surface area contributed by atoms with Crippen molar-refractivity contribution in [2.24, 2.45) is 7.05 Å². The van der Waals surface area contributed by atoms with Gasteiger partial charge >= 0.3 is 0 Å². The van der Waals surface area contributed by atoms with Crippen molar-refractivity contribution in [3.05, 3.63) is 273 Å². The van der Waals surface area contributed by atoms with Gasteiger partial charge in [0.05, 0.1) is 68.2 Å². The lowest BCUT2D eigenvalue weighted by atomic mass is 9.82. The van der Waals surface area contributed by atoms with Crippen molar-refractivity contribution in [2.75, 3.05) is 50.5 Å². The third-order valence-electron chi connectivity index (χ3n) is 17.4. The number of rotatable bonds is 8. The number of aryl methyl sites for hydroxylation is 1. The Kier molecular flexibility index (Phi) is 11.6. The summed E-state index contributed by atoms with van der Waals surface area (Å²) in [5.74, 6) is 0.861. The fourth-order valence-corrected chi connectivity index (χ4v) is 13.4. The summed E-state index contributed by atoms with van der Waals surface area (Å²) >= 11 is 0. The van der Waals surface area contributed by atoms with Gasteiger partial charge in [-0.05, 0) is 172 Å². The Bertz CT molecular complexity index is 4610. The maximum Gasteiger partial charge on any atom is 0.159 e. The Hall–Kier alpha value is -11.2. The molecule has 0 spiro atoms. The summed E-state index contributed by atoms with van der Waals surface area (Å²) < 4.78 is 2.10. The second-order valence-corrected chi connectivity index (χ2v) is 22.1. The molecular weight excluding hydrogens is 1040 g/mol. The van der Waals surface area contributed by atoms with Crippen molar-refractivity contribution < 1.29 is 0 Å². The minimum absolute atomic E-state index is 0.847. The molecule has 0 bridgehead atoms. The Morgan fingerprint density at radius 2 is 0.600 bits per heavy atom. The lowest BCUT2D eigenvalue weighted by Crippen LogP contribution is -2.23. The lowest BCUT2D eigenvalue weighted by Gasteiger charge is -2.38. The van der Waals surface area contributed by atoms with Crippen molar-refractivity contribution in [1.29, 1.82) is 0 Å². The summed E-state index contributed by atoms with van der Waals surface area (Å²) in [4.78, 5) is 23.9. The molecule has 0 atom stereocenters. The van der Waals surface area contributed by atoms with E-state index in [0.29, 0.717) is 0 Å². The second kappa shape index (κ2) is 19.8. The van der Waals surface area contributed by atoms with Gasteiger partial charge in [-0.25, -0.2) is 9.97 Å². The number of fused-ring (bicyclic) bond motifs is 7. The Morgan fingerprint density at radius 1 is 0.271 bits per heavy atom. The number of hydrogen-bond acceptors (Lipinski definition) is 8. The highest BCUT2D eigenvalue weighted by atomic mass is 15.3. The number of hydrogen-bond donors (Lipinski definition) is 0. The molecule has 0 amide bonds. The minimum Gasteiger partial charge on any atom is -0.341 e. The fraction of sp³-hybridized carbons (Fsp3) is 0.0526. The first kappa shape index (κ1) is 49.6. The van der Waals surface area contributed by atoms with Gasteiger partial charge in [-0.2, -0.15) is 0 Å². The van der Waals surface area contributed by atoms with Crippen molar-refractivity contribution in [3.63, 3.8) is 0 Å². The second-order valence-electron chi connectivity index (χ2n) is 22.1. The van der Waals surface area contributed by atoms with Gasteiger partial charge in [-0.15, -0.1) is 0 Å². The first-order valence-electron chi connectivity index (χ1n) is 28.9. The molecule has 3 aliphatic heterocycles. The minimum atomic E-state index is 0.847. The third-order valence-corrected chi connectivity index (χ3v) is 17.4. The summed E-state index contributed by atoms with van der Waals surface area (Å²) in [5, 5.41) is 0. The van der Waals surface area contributed by atoms with Crippen LogP contribution in [0.15, 0.2) is 273 Å². The number of para-hydroxylation sites is 12.